The highest BCUT2D eigenvalue weighted by Crippen LogP contribution is 2.42. The highest BCUT2D eigenvalue weighted by molar-refractivity contribution is 5.77. The summed E-state index contributed by atoms with van der Waals surface area (Å²) in [6.07, 6.45) is 3.33. The van der Waals surface area contributed by atoms with Crippen molar-refractivity contribution in [3.8, 4) is 0 Å². The van der Waals surface area contributed by atoms with Crippen LogP contribution in [0.4, 0.5) is 5.69 Å². The number of rotatable bonds is 3. The lowest BCUT2D eigenvalue weighted by atomic mass is 10.1. The molecule has 4 nitrogen and oxygen atoms in total. The zero-order chi connectivity index (χ0) is 15.4. The molecule has 1 aromatic heterocycles. The third-order valence-electron chi connectivity index (χ3n) is 4.93. The lowest BCUT2D eigenvalue weighted by Crippen LogP contribution is -2.09. The van der Waals surface area contributed by atoms with Gasteiger partial charge in [0.2, 0.25) is 0 Å². The number of fused-ring (bicyclic) bond motifs is 2. The van der Waals surface area contributed by atoms with Crippen molar-refractivity contribution in [1.29, 1.82) is 0 Å². The minimum atomic E-state index is 0.112. The zero-order valence-corrected chi connectivity index (χ0v) is 12.8. The van der Waals surface area contributed by atoms with Crippen molar-refractivity contribution >= 4 is 16.8 Å². The zero-order valence-electron chi connectivity index (χ0n) is 12.8. The average Bonchev–Trinajstić information content (AvgIpc) is 3.26. The lowest BCUT2D eigenvalue weighted by Gasteiger charge is -2.15. The van der Waals surface area contributed by atoms with E-state index in [-0.39, 0.29) is 12.1 Å². The topological polar surface area (TPSA) is 64.1 Å². The monoisotopic (exact) mass is 305 g/mol. The summed E-state index contributed by atoms with van der Waals surface area (Å²) in [4.78, 5) is 4.64. The molecule has 0 spiro atoms. The fourth-order valence-corrected chi connectivity index (χ4v) is 3.55. The van der Waals surface area contributed by atoms with Gasteiger partial charge in [0.15, 0.2) is 11.5 Å². The molecular formula is C19H19N3O. The molecule has 1 heterocycles. The largest absolute Gasteiger partial charge is 0.440 e. The first kappa shape index (κ1) is 13.1. The molecule has 116 valence electrons. The van der Waals surface area contributed by atoms with Crippen LogP contribution in [0.2, 0.25) is 0 Å². The quantitative estimate of drug-likeness (QED) is 0.759. The van der Waals surface area contributed by atoms with E-state index in [0.29, 0.717) is 5.92 Å². The SMILES string of the molecule is NC1CC(Nc2ccc3oc(C4CC4)nc3c2)c2ccccc21. The van der Waals surface area contributed by atoms with Gasteiger partial charge in [-0.05, 0) is 48.6 Å². The fraction of sp³-hybridized carbons (Fsp3) is 0.316. The molecule has 5 rings (SSSR count). The van der Waals surface area contributed by atoms with Gasteiger partial charge in [-0.15, -0.1) is 0 Å². The molecule has 1 fully saturated rings. The van der Waals surface area contributed by atoms with Crippen LogP contribution in [0.25, 0.3) is 11.1 Å². The molecule has 4 heteroatoms. The van der Waals surface area contributed by atoms with E-state index in [1.165, 1.54) is 24.0 Å². The Bertz CT molecular complexity index is 881. The van der Waals surface area contributed by atoms with Crippen LogP contribution in [0.3, 0.4) is 0 Å². The molecule has 2 unspecified atom stereocenters. The number of oxazole rings is 1. The average molecular weight is 305 g/mol. The van der Waals surface area contributed by atoms with Gasteiger partial charge >= 0.3 is 0 Å². The van der Waals surface area contributed by atoms with Crippen LogP contribution in [0.15, 0.2) is 46.9 Å². The normalized spacial score (nSPS) is 23.2. The Morgan fingerprint density at radius 3 is 2.74 bits per heavy atom. The van der Waals surface area contributed by atoms with E-state index in [4.69, 9.17) is 10.2 Å². The summed E-state index contributed by atoms with van der Waals surface area (Å²) in [5, 5.41) is 3.61. The third kappa shape index (κ3) is 2.21. The van der Waals surface area contributed by atoms with Crippen molar-refractivity contribution in [3.63, 3.8) is 0 Å². The van der Waals surface area contributed by atoms with Crippen LogP contribution in [0.5, 0.6) is 0 Å². The Balaban J connectivity index is 1.45. The second kappa shape index (κ2) is 4.83. The van der Waals surface area contributed by atoms with Crippen molar-refractivity contribution in [3.05, 3.63) is 59.5 Å². The van der Waals surface area contributed by atoms with Gasteiger partial charge in [-0.2, -0.15) is 0 Å². The van der Waals surface area contributed by atoms with E-state index in [2.05, 4.69) is 46.7 Å². The molecule has 2 atom stereocenters. The first-order valence-electron chi connectivity index (χ1n) is 8.29. The highest BCUT2D eigenvalue weighted by atomic mass is 16.3. The van der Waals surface area contributed by atoms with Crippen LogP contribution in [0, 0.1) is 0 Å². The molecule has 2 aliphatic rings. The molecule has 1 saturated carbocycles. The lowest BCUT2D eigenvalue weighted by molar-refractivity contribution is 0.533. The second-order valence-electron chi connectivity index (χ2n) is 6.68. The summed E-state index contributed by atoms with van der Waals surface area (Å²) in [7, 11) is 0. The van der Waals surface area contributed by atoms with Crippen LogP contribution in [-0.2, 0) is 0 Å². The number of hydrogen-bond donors (Lipinski definition) is 2. The smallest absolute Gasteiger partial charge is 0.198 e. The second-order valence-corrected chi connectivity index (χ2v) is 6.68. The number of aromatic nitrogens is 1. The Morgan fingerprint density at radius 2 is 1.91 bits per heavy atom. The molecule has 3 aromatic rings. The number of benzene rings is 2. The molecule has 23 heavy (non-hydrogen) atoms. The van der Waals surface area contributed by atoms with Crippen molar-refractivity contribution in [1.82, 2.24) is 4.98 Å². The van der Waals surface area contributed by atoms with Crippen molar-refractivity contribution in [2.45, 2.75) is 37.3 Å². The van der Waals surface area contributed by atoms with E-state index < -0.39 is 0 Å². The van der Waals surface area contributed by atoms with Gasteiger partial charge in [-0.1, -0.05) is 24.3 Å². The predicted octanol–water partition coefficient (Wildman–Crippen LogP) is 4.26. The van der Waals surface area contributed by atoms with Gasteiger partial charge in [-0.25, -0.2) is 4.98 Å². The maximum atomic E-state index is 6.26. The van der Waals surface area contributed by atoms with Crippen LogP contribution < -0.4 is 11.1 Å². The van der Waals surface area contributed by atoms with Crippen LogP contribution in [-0.4, -0.2) is 4.98 Å². The third-order valence-corrected chi connectivity index (χ3v) is 4.93. The maximum absolute atomic E-state index is 6.26. The first-order chi connectivity index (χ1) is 11.3. The minimum Gasteiger partial charge on any atom is -0.440 e. The number of anilines is 1. The highest BCUT2D eigenvalue weighted by Gasteiger charge is 2.30. The number of nitrogens with two attached hydrogens (primary N) is 1. The maximum Gasteiger partial charge on any atom is 0.198 e. The van der Waals surface area contributed by atoms with Crippen molar-refractivity contribution < 1.29 is 4.42 Å². The fourth-order valence-electron chi connectivity index (χ4n) is 3.55. The van der Waals surface area contributed by atoms with Gasteiger partial charge in [-0.3, -0.25) is 0 Å². The molecule has 0 bridgehead atoms. The van der Waals surface area contributed by atoms with E-state index in [1.807, 2.05) is 6.07 Å². The van der Waals surface area contributed by atoms with E-state index in [1.54, 1.807) is 0 Å². The van der Waals surface area contributed by atoms with Crippen LogP contribution in [0.1, 0.15) is 54.3 Å². The predicted molar refractivity (Wildman–Crippen MR) is 90.3 cm³/mol. The van der Waals surface area contributed by atoms with Gasteiger partial charge < -0.3 is 15.5 Å². The molecular weight excluding hydrogens is 286 g/mol. The van der Waals surface area contributed by atoms with Crippen LogP contribution >= 0.6 is 0 Å². The first-order valence-corrected chi connectivity index (χ1v) is 8.29. The van der Waals surface area contributed by atoms with Gasteiger partial charge in [0.1, 0.15) is 5.52 Å². The van der Waals surface area contributed by atoms with E-state index in [0.717, 1.165) is 29.1 Å². The molecule has 3 N–H and O–H groups in total. The standard InChI is InChI=1S/C19H19N3O/c20-15-10-16(14-4-2-1-3-13(14)15)21-12-7-8-18-17(9-12)22-19(23-18)11-5-6-11/h1-4,7-9,11,15-16,21H,5-6,10,20H2. The molecule has 0 saturated heterocycles. The summed E-state index contributed by atoms with van der Waals surface area (Å²) in [5.74, 6) is 1.43. The summed E-state index contributed by atoms with van der Waals surface area (Å²) in [6, 6.07) is 15.0. The Labute approximate surface area is 134 Å². The molecule has 2 aliphatic carbocycles. The van der Waals surface area contributed by atoms with Gasteiger partial charge in [0.05, 0.1) is 6.04 Å². The summed E-state index contributed by atoms with van der Waals surface area (Å²) in [6.45, 7) is 0. The molecule has 0 aliphatic heterocycles. The Kier molecular flexibility index (Phi) is 2.76. The summed E-state index contributed by atoms with van der Waals surface area (Å²) in [5.41, 5.74) is 11.7. The Morgan fingerprint density at radius 1 is 1.09 bits per heavy atom. The number of nitrogens with one attached hydrogen (secondary N) is 1. The number of hydrogen-bond acceptors (Lipinski definition) is 4. The van der Waals surface area contributed by atoms with Gasteiger partial charge in [0.25, 0.3) is 0 Å². The number of nitrogens with zero attached hydrogens (tertiary/aromatic N) is 1. The van der Waals surface area contributed by atoms with Gasteiger partial charge in [0, 0.05) is 17.6 Å². The summed E-state index contributed by atoms with van der Waals surface area (Å²) < 4.78 is 5.83. The van der Waals surface area contributed by atoms with E-state index in [9.17, 15) is 0 Å². The minimum absolute atomic E-state index is 0.112. The molecule has 0 amide bonds. The molecule has 2 aromatic carbocycles. The van der Waals surface area contributed by atoms with E-state index >= 15 is 0 Å². The molecule has 0 radical (unpaired) electrons. The summed E-state index contributed by atoms with van der Waals surface area (Å²) >= 11 is 0. The van der Waals surface area contributed by atoms with Crippen molar-refractivity contribution in [2.75, 3.05) is 5.32 Å². The Hall–Kier alpha value is -2.33. The van der Waals surface area contributed by atoms with Crippen molar-refractivity contribution in [2.24, 2.45) is 5.73 Å².